The van der Waals surface area contributed by atoms with Crippen LogP contribution in [0.4, 0.5) is 4.39 Å². The van der Waals surface area contributed by atoms with Crippen molar-refractivity contribution in [3.63, 3.8) is 0 Å². The highest BCUT2D eigenvalue weighted by molar-refractivity contribution is 5.96. The van der Waals surface area contributed by atoms with Crippen LogP contribution in [0.25, 0.3) is 0 Å². The van der Waals surface area contributed by atoms with Gasteiger partial charge in [0.15, 0.2) is 0 Å². The molecule has 116 valence electrons. The summed E-state index contributed by atoms with van der Waals surface area (Å²) in [4.78, 5) is 24.2. The number of ether oxygens (including phenoxy) is 1. The third kappa shape index (κ3) is 5.53. The Morgan fingerprint density at radius 3 is 2.10 bits per heavy atom. The molecule has 0 aliphatic heterocycles. The zero-order valence-electron chi connectivity index (χ0n) is 13.1. The molecule has 5 heteroatoms. The lowest BCUT2D eigenvalue weighted by atomic mass is 10.0. The molecule has 0 bridgehead atoms. The third-order valence-corrected chi connectivity index (χ3v) is 2.72. The Hall–Kier alpha value is -1.91. The summed E-state index contributed by atoms with van der Waals surface area (Å²) in [6.45, 7) is 8.94. The molecule has 0 saturated heterocycles. The van der Waals surface area contributed by atoms with Gasteiger partial charge in [-0.25, -0.2) is 9.18 Å². The molecule has 0 aliphatic carbocycles. The quantitative estimate of drug-likeness (QED) is 0.869. The maximum absolute atomic E-state index is 12.8. The van der Waals surface area contributed by atoms with Gasteiger partial charge in [0.05, 0.1) is 0 Å². The molecular weight excluding hydrogens is 273 g/mol. The molecule has 21 heavy (non-hydrogen) atoms. The molecule has 1 aromatic carbocycles. The largest absolute Gasteiger partial charge is 0.458 e. The monoisotopic (exact) mass is 295 g/mol. The zero-order valence-corrected chi connectivity index (χ0v) is 13.1. The minimum atomic E-state index is -0.748. The lowest BCUT2D eigenvalue weighted by Gasteiger charge is -2.26. The number of benzene rings is 1. The number of nitrogens with one attached hydrogen (secondary N) is 1. The fraction of sp³-hybridized carbons (Fsp3) is 0.500. The van der Waals surface area contributed by atoms with Crippen molar-refractivity contribution >= 4 is 11.9 Å². The Morgan fingerprint density at radius 1 is 1.14 bits per heavy atom. The minimum Gasteiger partial charge on any atom is -0.458 e. The van der Waals surface area contributed by atoms with Crippen LogP contribution in [-0.2, 0) is 9.53 Å². The average Bonchev–Trinajstić information content (AvgIpc) is 2.33. The smallest absolute Gasteiger partial charge is 0.329 e. The Kier molecular flexibility index (Phi) is 5.47. The van der Waals surface area contributed by atoms with Gasteiger partial charge >= 0.3 is 5.97 Å². The number of carbonyl (C=O) groups is 2. The third-order valence-electron chi connectivity index (χ3n) is 2.72. The van der Waals surface area contributed by atoms with Crippen molar-refractivity contribution < 1.29 is 18.7 Å². The van der Waals surface area contributed by atoms with Gasteiger partial charge in [-0.2, -0.15) is 0 Å². The zero-order chi connectivity index (χ0) is 16.2. The summed E-state index contributed by atoms with van der Waals surface area (Å²) < 4.78 is 18.2. The Bertz CT molecular complexity index is 503. The number of esters is 1. The Morgan fingerprint density at radius 2 is 1.67 bits per heavy atom. The Labute approximate surface area is 124 Å². The molecule has 4 nitrogen and oxygen atoms in total. The first-order chi connectivity index (χ1) is 9.60. The maximum Gasteiger partial charge on any atom is 0.329 e. The van der Waals surface area contributed by atoms with E-state index in [1.54, 1.807) is 20.8 Å². The molecule has 0 spiro atoms. The summed E-state index contributed by atoms with van der Waals surface area (Å²) in [5.74, 6) is -1.45. The van der Waals surface area contributed by atoms with Crippen molar-refractivity contribution in [1.29, 1.82) is 0 Å². The number of hydrogen-bond donors (Lipinski definition) is 1. The summed E-state index contributed by atoms with van der Waals surface area (Å²) >= 11 is 0. The van der Waals surface area contributed by atoms with Gasteiger partial charge in [-0.15, -0.1) is 0 Å². The van der Waals surface area contributed by atoms with E-state index >= 15 is 0 Å². The highest BCUT2D eigenvalue weighted by atomic mass is 19.1. The van der Waals surface area contributed by atoms with E-state index in [1.807, 2.05) is 13.8 Å². The van der Waals surface area contributed by atoms with Gasteiger partial charge in [-0.3, -0.25) is 4.79 Å². The number of amides is 1. The van der Waals surface area contributed by atoms with Crippen molar-refractivity contribution in [2.24, 2.45) is 5.92 Å². The molecule has 1 aromatic rings. The molecule has 0 unspecified atom stereocenters. The summed E-state index contributed by atoms with van der Waals surface area (Å²) in [7, 11) is 0. The summed E-state index contributed by atoms with van der Waals surface area (Å²) in [6, 6.07) is 4.40. The van der Waals surface area contributed by atoms with Crippen LogP contribution in [0.5, 0.6) is 0 Å². The van der Waals surface area contributed by atoms with Gasteiger partial charge in [-0.05, 0) is 51.0 Å². The molecule has 1 atom stereocenters. The van der Waals surface area contributed by atoms with Crippen molar-refractivity contribution in [2.45, 2.75) is 46.3 Å². The van der Waals surface area contributed by atoms with E-state index in [9.17, 15) is 14.0 Å². The summed E-state index contributed by atoms with van der Waals surface area (Å²) in [6.07, 6.45) is 0. The first-order valence-corrected chi connectivity index (χ1v) is 6.89. The first kappa shape index (κ1) is 17.1. The van der Waals surface area contributed by atoms with Gasteiger partial charge in [0, 0.05) is 5.56 Å². The molecule has 0 radical (unpaired) electrons. The van der Waals surface area contributed by atoms with E-state index in [4.69, 9.17) is 4.74 Å². The lowest BCUT2D eigenvalue weighted by Crippen LogP contribution is -2.47. The summed E-state index contributed by atoms with van der Waals surface area (Å²) in [5.41, 5.74) is -0.323. The maximum atomic E-state index is 12.8. The summed E-state index contributed by atoms with van der Waals surface area (Å²) in [5, 5.41) is 2.64. The topological polar surface area (TPSA) is 55.4 Å². The van der Waals surface area contributed by atoms with E-state index in [2.05, 4.69) is 5.32 Å². The first-order valence-electron chi connectivity index (χ1n) is 6.89. The number of hydrogen-bond acceptors (Lipinski definition) is 3. The van der Waals surface area contributed by atoms with E-state index in [0.717, 1.165) is 0 Å². The van der Waals surface area contributed by atoms with Crippen LogP contribution >= 0.6 is 0 Å². The number of rotatable bonds is 4. The fourth-order valence-electron chi connectivity index (χ4n) is 1.69. The Balaban J connectivity index is 2.81. The molecule has 1 rings (SSSR count). The van der Waals surface area contributed by atoms with Crippen molar-refractivity contribution in [2.75, 3.05) is 0 Å². The SMILES string of the molecule is CC(C)[C@H](NC(=O)c1ccc(F)cc1)C(=O)OC(C)(C)C. The van der Waals surface area contributed by atoms with E-state index in [0.29, 0.717) is 5.56 Å². The highest BCUT2D eigenvalue weighted by Gasteiger charge is 2.29. The highest BCUT2D eigenvalue weighted by Crippen LogP contribution is 2.13. The van der Waals surface area contributed by atoms with Gasteiger partial charge in [0.25, 0.3) is 5.91 Å². The average molecular weight is 295 g/mol. The van der Waals surface area contributed by atoms with E-state index in [1.165, 1.54) is 24.3 Å². The van der Waals surface area contributed by atoms with Crippen LogP contribution in [0.1, 0.15) is 45.0 Å². The second-order valence-corrected chi connectivity index (χ2v) is 6.24. The molecule has 0 fully saturated rings. The molecule has 0 aliphatic rings. The van der Waals surface area contributed by atoms with Crippen molar-refractivity contribution in [3.8, 4) is 0 Å². The van der Waals surface area contributed by atoms with Crippen LogP contribution < -0.4 is 5.32 Å². The molecule has 1 amide bonds. The predicted octanol–water partition coefficient (Wildman–Crippen LogP) is 2.92. The lowest BCUT2D eigenvalue weighted by molar-refractivity contribution is -0.158. The second kappa shape index (κ2) is 6.70. The molecule has 0 saturated carbocycles. The predicted molar refractivity (Wildman–Crippen MR) is 78.3 cm³/mol. The van der Waals surface area contributed by atoms with Gasteiger partial charge < -0.3 is 10.1 Å². The fourth-order valence-corrected chi connectivity index (χ4v) is 1.69. The number of carbonyl (C=O) groups excluding carboxylic acids is 2. The standard InChI is InChI=1S/C16H22FNO3/c1-10(2)13(15(20)21-16(3,4)5)18-14(19)11-6-8-12(17)9-7-11/h6-10,13H,1-5H3,(H,18,19)/t13-/m0/s1. The van der Waals surface area contributed by atoms with E-state index < -0.39 is 29.3 Å². The van der Waals surface area contributed by atoms with Gasteiger partial charge in [-0.1, -0.05) is 13.8 Å². The minimum absolute atomic E-state index is 0.121. The van der Waals surface area contributed by atoms with Crippen LogP contribution in [0.15, 0.2) is 24.3 Å². The molecule has 0 heterocycles. The van der Waals surface area contributed by atoms with Crippen LogP contribution in [0.3, 0.4) is 0 Å². The van der Waals surface area contributed by atoms with Gasteiger partial charge in [0.2, 0.25) is 0 Å². The van der Waals surface area contributed by atoms with E-state index in [-0.39, 0.29) is 5.92 Å². The van der Waals surface area contributed by atoms with Crippen LogP contribution in [0, 0.1) is 11.7 Å². The second-order valence-electron chi connectivity index (χ2n) is 6.24. The van der Waals surface area contributed by atoms with Crippen molar-refractivity contribution in [1.82, 2.24) is 5.32 Å². The molecule has 0 aromatic heterocycles. The van der Waals surface area contributed by atoms with Crippen LogP contribution in [-0.4, -0.2) is 23.5 Å². The molecule has 1 N–H and O–H groups in total. The van der Waals surface area contributed by atoms with Crippen LogP contribution in [0.2, 0.25) is 0 Å². The number of halogens is 1. The normalized spacial score (nSPS) is 12.9. The molecular formula is C16H22FNO3. The van der Waals surface area contributed by atoms with Crippen molar-refractivity contribution in [3.05, 3.63) is 35.6 Å². The van der Waals surface area contributed by atoms with Gasteiger partial charge in [0.1, 0.15) is 17.5 Å².